The lowest BCUT2D eigenvalue weighted by Crippen LogP contribution is -2.78. The molecule has 0 aromatic heterocycles. The molecule has 0 fully saturated rings. The smallest absolute Gasteiger partial charge is 0.304 e. The minimum absolute atomic E-state index is 0.0197. The van der Waals surface area contributed by atoms with Gasteiger partial charge in [-0.15, -0.1) is 0 Å². The number of hydrogen-bond donors (Lipinski definition) is 7. The van der Waals surface area contributed by atoms with Crippen molar-refractivity contribution >= 4 is 69.0 Å². The van der Waals surface area contributed by atoms with E-state index in [0.29, 0.717) is 11.1 Å². The van der Waals surface area contributed by atoms with Crippen LogP contribution in [-0.2, 0) is 58.1 Å². The molecule has 338 valence electrons. The second-order valence-corrected chi connectivity index (χ2v) is 20.0. The maximum absolute atomic E-state index is 14.0. The molecule has 19 nitrogen and oxygen atoms in total. The highest BCUT2D eigenvalue weighted by atomic mass is 32.2. The molecule has 0 saturated heterocycles. The summed E-state index contributed by atoms with van der Waals surface area (Å²) in [5.74, 6) is -2.24. The molecule has 64 heavy (non-hydrogen) atoms. The summed E-state index contributed by atoms with van der Waals surface area (Å²) in [6.45, 7) is -0.00741. The Balaban J connectivity index is 1.57. The Morgan fingerprint density at radius 2 is 1.25 bits per heavy atom. The molecule has 0 unspecified atom stereocenters. The van der Waals surface area contributed by atoms with E-state index in [-0.39, 0.29) is 93.8 Å². The van der Waals surface area contributed by atoms with Gasteiger partial charge >= 0.3 is 16.1 Å². The topological polar surface area (TPSA) is 314 Å². The van der Waals surface area contributed by atoms with Crippen LogP contribution in [0.25, 0.3) is 33.4 Å². The molecule has 1 amide bonds. The third-order valence-electron chi connectivity index (χ3n) is 10.0. The fourth-order valence-electron chi connectivity index (χ4n) is 7.05. The van der Waals surface area contributed by atoms with Crippen LogP contribution in [0.15, 0.2) is 121 Å². The van der Waals surface area contributed by atoms with Gasteiger partial charge in [-0.25, -0.2) is 4.99 Å². The Morgan fingerprint density at radius 3 is 1.81 bits per heavy atom. The second kappa shape index (κ2) is 18.6. The van der Waals surface area contributed by atoms with Crippen molar-refractivity contribution in [1.29, 1.82) is 0 Å². The van der Waals surface area contributed by atoms with E-state index in [1.165, 1.54) is 96.9 Å². The number of fused-ring (bicyclic) bond motifs is 2. The van der Waals surface area contributed by atoms with Gasteiger partial charge in [0.1, 0.15) is 6.54 Å². The van der Waals surface area contributed by atoms with Gasteiger partial charge in [0.05, 0.1) is 15.5 Å². The molecule has 4 aromatic carbocycles. The molecule has 0 spiro atoms. The minimum Gasteiger partial charge on any atom is -0.481 e. The van der Waals surface area contributed by atoms with Crippen LogP contribution in [0.4, 0.5) is 5.69 Å². The molecule has 7 N–H and O–H groups in total. The van der Waals surface area contributed by atoms with E-state index in [0.717, 1.165) is 0 Å². The Morgan fingerprint density at radius 1 is 0.672 bits per heavy atom. The van der Waals surface area contributed by atoms with Crippen LogP contribution < -0.4 is 15.7 Å². The van der Waals surface area contributed by atoms with E-state index in [1.807, 2.05) is 0 Å². The first-order valence-electron chi connectivity index (χ1n) is 19.0. The number of rotatable bonds is 17. The van der Waals surface area contributed by atoms with Crippen LogP contribution in [0.3, 0.4) is 0 Å². The number of hydrogen-bond acceptors (Lipinski definition) is 12. The average Bonchev–Trinajstić information content (AvgIpc) is 3.21. The van der Waals surface area contributed by atoms with Gasteiger partial charge in [-0.05, 0) is 78.1 Å². The molecule has 2 aliphatic rings. The van der Waals surface area contributed by atoms with Crippen molar-refractivity contribution < 1.29 is 76.0 Å². The molecule has 6 rings (SSSR count). The SMILES string of the molecule is CN(CCCC(=O)O)C(=O)c1ccccc1-c1c2ccc(=[NH+]CCc3ccc(S(=O)(=O)O)cc3)c(S(=O)(=O)O)c-2oc2c(S(=O)(=O)O)c(NCCc3ccc(S(=O)(=O)O)cc3)ccc12. The molecule has 1 aliphatic carbocycles. The zero-order valence-electron chi connectivity index (χ0n) is 33.5. The summed E-state index contributed by atoms with van der Waals surface area (Å²) in [5.41, 5.74) is 0.493. The fourth-order valence-corrected chi connectivity index (χ4v) is 9.62. The fraction of sp³-hybridized carbons (Fsp3) is 0.195. The molecular formula is C41H40N3O16S4+. The van der Waals surface area contributed by atoms with E-state index in [4.69, 9.17) is 9.52 Å². The summed E-state index contributed by atoms with van der Waals surface area (Å²) in [4.78, 5) is 27.0. The number of aliphatic carboxylic acids is 1. The van der Waals surface area contributed by atoms with Crippen molar-refractivity contribution in [3.8, 4) is 22.5 Å². The summed E-state index contributed by atoms with van der Waals surface area (Å²) < 4.78 is 146. The first kappa shape index (κ1) is 47.4. The first-order chi connectivity index (χ1) is 29.9. The van der Waals surface area contributed by atoms with Gasteiger partial charge in [-0.2, -0.15) is 33.7 Å². The number of carboxylic acids is 1. The van der Waals surface area contributed by atoms with Gasteiger partial charge in [-0.3, -0.25) is 27.8 Å². The second-order valence-electron chi connectivity index (χ2n) is 14.4. The van der Waals surface area contributed by atoms with Crippen molar-refractivity contribution in [3.05, 3.63) is 119 Å². The van der Waals surface area contributed by atoms with Gasteiger partial charge < -0.3 is 19.7 Å². The molecule has 1 heterocycles. The Labute approximate surface area is 367 Å². The van der Waals surface area contributed by atoms with Crippen LogP contribution in [-0.4, -0.2) is 100 Å². The summed E-state index contributed by atoms with van der Waals surface area (Å²) >= 11 is 0. The third kappa shape index (κ3) is 10.8. The van der Waals surface area contributed by atoms with Gasteiger partial charge in [-0.1, -0.05) is 42.5 Å². The predicted octanol–water partition coefficient (Wildman–Crippen LogP) is 3.01. The number of nitrogens with zero attached hydrogens (tertiary/aromatic N) is 1. The molecule has 0 bridgehead atoms. The first-order valence-corrected chi connectivity index (χ1v) is 24.7. The summed E-state index contributed by atoms with van der Waals surface area (Å²) in [5, 5.41) is 11.8. The van der Waals surface area contributed by atoms with Crippen molar-refractivity contribution in [2.45, 2.75) is 45.3 Å². The molecular weight excluding hydrogens is 919 g/mol. The molecule has 0 saturated carbocycles. The Hall–Kier alpha value is -6.05. The zero-order chi connectivity index (χ0) is 46.8. The highest BCUT2D eigenvalue weighted by Gasteiger charge is 2.34. The molecule has 4 aromatic rings. The molecule has 23 heteroatoms. The van der Waals surface area contributed by atoms with E-state index in [2.05, 4.69) is 10.3 Å². The van der Waals surface area contributed by atoms with Gasteiger partial charge in [0, 0.05) is 61.1 Å². The van der Waals surface area contributed by atoms with Crippen LogP contribution in [0.1, 0.15) is 34.3 Å². The number of benzene rings is 5. The third-order valence-corrected chi connectivity index (χ3v) is 13.6. The highest BCUT2D eigenvalue weighted by molar-refractivity contribution is 7.86. The minimum atomic E-state index is -5.27. The van der Waals surface area contributed by atoms with Gasteiger partial charge in [0.25, 0.3) is 36.3 Å². The summed E-state index contributed by atoms with van der Waals surface area (Å²) in [6, 6.07) is 21.9. The van der Waals surface area contributed by atoms with Crippen molar-refractivity contribution in [1.82, 2.24) is 4.90 Å². The van der Waals surface area contributed by atoms with Crippen molar-refractivity contribution in [2.24, 2.45) is 0 Å². The lowest BCUT2D eigenvalue weighted by molar-refractivity contribution is -0.501. The standard InChI is InChI=1S/C41H39N3O16S4/c1-44(24-4-7-35(45)46)41(47)30-6-3-2-5-29(30)36-31-16-18-33(42-22-20-25-8-12-27(13-9-25)61(48,49)50)39(63(54,55)56)37(31)60-38-32(36)17-19-34(40(38)64(57,58)59)43-23-21-26-10-14-28(15-11-26)62(51,52)53/h2-3,5-6,8-19,42H,4,7,20-24H2,1H3,(H,45,46)(H,48,49,50)(H,51,52,53)(H,54,55,56)(H,57,58,59)/p+1. The molecule has 0 radical (unpaired) electrons. The van der Waals surface area contributed by atoms with Gasteiger partial charge in [0.15, 0.2) is 16.2 Å². The average molecular weight is 959 g/mol. The van der Waals surface area contributed by atoms with Crippen molar-refractivity contribution in [3.63, 3.8) is 0 Å². The number of nitrogens with one attached hydrogen (secondary N) is 2. The molecule has 1 aliphatic heterocycles. The normalized spacial score (nSPS) is 12.7. The van der Waals surface area contributed by atoms with E-state index in [1.54, 1.807) is 12.1 Å². The molecule has 0 atom stereocenters. The quantitative estimate of drug-likeness (QED) is 0.0510. The lowest BCUT2D eigenvalue weighted by atomic mass is 9.90. The zero-order valence-corrected chi connectivity index (χ0v) is 36.8. The van der Waals surface area contributed by atoms with Crippen LogP contribution in [0, 0.1) is 0 Å². The Bertz CT molecular complexity index is 3280. The van der Waals surface area contributed by atoms with E-state index >= 15 is 0 Å². The van der Waals surface area contributed by atoms with Crippen LogP contribution in [0.2, 0.25) is 0 Å². The summed E-state index contributed by atoms with van der Waals surface area (Å²) in [7, 11) is -18.0. The van der Waals surface area contributed by atoms with Gasteiger partial charge in [0.2, 0.25) is 10.3 Å². The monoisotopic (exact) mass is 958 g/mol. The highest BCUT2D eigenvalue weighted by Crippen LogP contribution is 2.46. The number of carboxylic acid groups (broad SMARTS) is 1. The largest absolute Gasteiger partial charge is 0.481 e. The van der Waals surface area contributed by atoms with E-state index in [9.17, 15) is 61.5 Å². The number of carbonyl (C=O) groups excluding carboxylic acids is 1. The maximum Gasteiger partial charge on any atom is 0.304 e. The van der Waals surface area contributed by atoms with Crippen LogP contribution >= 0.6 is 0 Å². The number of carbonyl (C=O) groups is 2. The summed E-state index contributed by atoms with van der Waals surface area (Å²) in [6.07, 6.45) is 0.218. The maximum atomic E-state index is 14.0. The van der Waals surface area contributed by atoms with E-state index < -0.39 is 73.5 Å². The van der Waals surface area contributed by atoms with Crippen LogP contribution in [0.5, 0.6) is 0 Å². The predicted molar refractivity (Wildman–Crippen MR) is 229 cm³/mol. The lowest BCUT2D eigenvalue weighted by Gasteiger charge is -2.22. The van der Waals surface area contributed by atoms with Crippen molar-refractivity contribution in [2.75, 3.05) is 32.0 Å². The number of amides is 1. The number of anilines is 1. The Kier molecular flexibility index (Phi) is 13.8.